The first-order chi connectivity index (χ1) is 11.5. The van der Waals surface area contributed by atoms with Gasteiger partial charge >= 0.3 is 0 Å². The summed E-state index contributed by atoms with van der Waals surface area (Å²) in [5, 5.41) is 0. The minimum absolute atomic E-state index is 0.108. The third kappa shape index (κ3) is 4.26. The second-order valence-corrected chi connectivity index (χ2v) is 7.02. The Balaban J connectivity index is 1.78. The molecule has 0 spiro atoms. The Bertz CT molecular complexity index is 649. The van der Waals surface area contributed by atoms with Crippen molar-refractivity contribution in [2.75, 3.05) is 6.61 Å². The molecule has 4 heteroatoms. The molecule has 128 valence electrons. The molecule has 4 nitrogen and oxygen atoms in total. The van der Waals surface area contributed by atoms with Crippen LogP contribution in [0, 0.1) is 0 Å². The summed E-state index contributed by atoms with van der Waals surface area (Å²) in [6, 6.07) is 14.0. The lowest BCUT2D eigenvalue weighted by molar-refractivity contribution is -0.140. The lowest BCUT2D eigenvalue weighted by Crippen LogP contribution is -2.48. The highest BCUT2D eigenvalue weighted by Gasteiger charge is 2.34. The van der Waals surface area contributed by atoms with E-state index in [0.29, 0.717) is 25.3 Å². The van der Waals surface area contributed by atoms with E-state index in [4.69, 9.17) is 9.15 Å². The normalized spacial score (nSPS) is 19.8. The molecule has 1 aromatic carbocycles. The molecule has 2 heterocycles. The number of hydrogen-bond donors (Lipinski definition) is 0. The van der Waals surface area contributed by atoms with Gasteiger partial charge in [0, 0.05) is 19.2 Å². The van der Waals surface area contributed by atoms with Gasteiger partial charge in [0.1, 0.15) is 5.76 Å². The van der Waals surface area contributed by atoms with Crippen LogP contribution in [0.5, 0.6) is 0 Å². The molecule has 0 aliphatic carbocycles. The summed E-state index contributed by atoms with van der Waals surface area (Å²) in [6.45, 7) is 5.51. The molecule has 24 heavy (non-hydrogen) atoms. The average Bonchev–Trinajstić information content (AvgIpc) is 3.05. The summed E-state index contributed by atoms with van der Waals surface area (Å²) in [5.41, 5.74) is 0.956. The number of furan rings is 1. The molecule has 1 atom stereocenters. The molecule has 2 aromatic rings. The number of carbonyl (C=O) groups excluding carboxylic acids is 1. The summed E-state index contributed by atoms with van der Waals surface area (Å²) < 4.78 is 11.2. The van der Waals surface area contributed by atoms with E-state index < -0.39 is 0 Å². The first kappa shape index (κ1) is 16.8. The fraction of sp³-hybridized carbons (Fsp3) is 0.450. The van der Waals surface area contributed by atoms with Crippen LogP contribution < -0.4 is 0 Å². The van der Waals surface area contributed by atoms with Crippen LogP contribution in [-0.2, 0) is 22.5 Å². The van der Waals surface area contributed by atoms with Crippen molar-refractivity contribution in [1.29, 1.82) is 0 Å². The quantitative estimate of drug-likeness (QED) is 0.839. The van der Waals surface area contributed by atoms with E-state index in [9.17, 15) is 4.79 Å². The van der Waals surface area contributed by atoms with Crippen LogP contribution in [0.1, 0.15) is 38.0 Å². The molecular formula is C20H25NO3. The Morgan fingerprint density at radius 2 is 2.00 bits per heavy atom. The minimum atomic E-state index is -0.192. The van der Waals surface area contributed by atoms with E-state index in [1.165, 1.54) is 0 Å². The van der Waals surface area contributed by atoms with E-state index in [1.807, 2.05) is 35.2 Å². The second-order valence-electron chi connectivity index (χ2n) is 7.02. The molecule has 1 aliphatic heterocycles. The zero-order valence-corrected chi connectivity index (χ0v) is 14.4. The molecule has 0 N–H and O–H groups in total. The van der Waals surface area contributed by atoms with Crippen molar-refractivity contribution >= 4 is 5.91 Å². The molecular weight excluding hydrogens is 302 g/mol. The van der Waals surface area contributed by atoms with E-state index >= 15 is 0 Å². The number of amides is 1. The zero-order valence-electron chi connectivity index (χ0n) is 14.4. The van der Waals surface area contributed by atoms with Gasteiger partial charge in [-0.2, -0.15) is 0 Å². The van der Waals surface area contributed by atoms with Crippen LogP contribution >= 0.6 is 0 Å². The van der Waals surface area contributed by atoms with Gasteiger partial charge in [-0.25, -0.2) is 0 Å². The molecule has 1 unspecified atom stereocenters. The number of ether oxygens (including phenoxy) is 1. The lowest BCUT2D eigenvalue weighted by Gasteiger charge is -2.41. The average molecular weight is 327 g/mol. The van der Waals surface area contributed by atoms with Crippen molar-refractivity contribution in [2.45, 2.75) is 51.3 Å². The van der Waals surface area contributed by atoms with Gasteiger partial charge in [0.15, 0.2) is 0 Å². The third-order valence-corrected chi connectivity index (χ3v) is 4.53. The van der Waals surface area contributed by atoms with Crippen LogP contribution in [-0.4, -0.2) is 29.1 Å². The van der Waals surface area contributed by atoms with Crippen molar-refractivity contribution < 1.29 is 13.9 Å². The smallest absolute Gasteiger partial charge is 0.230 e. The summed E-state index contributed by atoms with van der Waals surface area (Å²) in [6.07, 6.45) is 3.64. The summed E-state index contributed by atoms with van der Waals surface area (Å²) in [7, 11) is 0. The molecule has 0 bridgehead atoms. The van der Waals surface area contributed by atoms with E-state index in [0.717, 1.165) is 18.4 Å². The predicted octanol–water partition coefficient (Wildman–Crippen LogP) is 3.81. The molecule has 1 aromatic heterocycles. The maximum atomic E-state index is 13.0. The lowest BCUT2D eigenvalue weighted by atomic mass is 9.92. The van der Waals surface area contributed by atoms with E-state index in [-0.39, 0.29) is 17.6 Å². The molecule has 0 radical (unpaired) electrons. The molecule has 1 amide bonds. The highest BCUT2D eigenvalue weighted by molar-refractivity contribution is 5.78. The maximum absolute atomic E-state index is 13.0. The number of rotatable bonds is 5. The standard InChI is InChI=1S/C20H25NO3/c1-20(2)14-17(10-12-24-20)21(15-16-7-4-3-5-8-16)19(22)13-18-9-6-11-23-18/h3-9,11,17H,10,12-15H2,1-2H3. The second kappa shape index (κ2) is 7.22. The van der Waals surface area contributed by atoms with Crippen LogP contribution in [0.15, 0.2) is 53.1 Å². The first-order valence-electron chi connectivity index (χ1n) is 8.53. The van der Waals surface area contributed by atoms with Gasteiger partial charge in [-0.3, -0.25) is 4.79 Å². The Morgan fingerprint density at radius 3 is 2.67 bits per heavy atom. The van der Waals surface area contributed by atoms with Crippen LogP contribution in [0.2, 0.25) is 0 Å². The van der Waals surface area contributed by atoms with E-state index in [2.05, 4.69) is 26.0 Å². The third-order valence-electron chi connectivity index (χ3n) is 4.53. The topological polar surface area (TPSA) is 42.7 Å². The summed E-state index contributed by atoms with van der Waals surface area (Å²) in [4.78, 5) is 15.0. The summed E-state index contributed by atoms with van der Waals surface area (Å²) >= 11 is 0. The van der Waals surface area contributed by atoms with Gasteiger partial charge in [0.2, 0.25) is 5.91 Å². The van der Waals surface area contributed by atoms with Crippen molar-refractivity contribution in [3.63, 3.8) is 0 Å². The highest BCUT2D eigenvalue weighted by Crippen LogP contribution is 2.29. The fourth-order valence-corrected chi connectivity index (χ4v) is 3.33. The van der Waals surface area contributed by atoms with Crippen molar-refractivity contribution in [3.8, 4) is 0 Å². The molecule has 1 fully saturated rings. The number of benzene rings is 1. The van der Waals surface area contributed by atoms with Crippen LogP contribution in [0.3, 0.4) is 0 Å². The van der Waals surface area contributed by atoms with Crippen LogP contribution in [0.25, 0.3) is 0 Å². The van der Waals surface area contributed by atoms with Crippen molar-refractivity contribution in [1.82, 2.24) is 4.90 Å². The number of hydrogen-bond acceptors (Lipinski definition) is 3. The highest BCUT2D eigenvalue weighted by atomic mass is 16.5. The van der Waals surface area contributed by atoms with Gasteiger partial charge < -0.3 is 14.1 Å². The van der Waals surface area contributed by atoms with Crippen LogP contribution in [0.4, 0.5) is 0 Å². The number of carbonyl (C=O) groups is 1. The predicted molar refractivity (Wildman–Crippen MR) is 92.5 cm³/mol. The van der Waals surface area contributed by atoms with Gasteiger partial charge in [-0.1, -0.05) is 30.3 Å². The Morgan fingerprint density at radius 1 is 1.21 bits per heavy atom. The monoisotopic (exact) mass is 327 g/mol. The van der Waals surface area contributed by atoms with Gasteiger partial charge in [-0.15, -0.1) is 0 Å². The van der Waals surface area contributed by atoms with Crippen molar-refractivity contribution in [3.05, 3.63) is 60.1 Å². The minimum Gasteiger partial charge on any atom is -0.469 e. The largest absolute Gasteiger partial charge is 0.469 e. The van der Waals surface area contributed by atoms with E-state index in [1.54, 1.807) is 6.26 Å². The first-order valence-corrected chi connectivity index (χ1v) is 8.53. The van der Waals surface area contributed by atoms with Gasteiger partial charge in [0.25, 0.3) is 0 Å². The molecule has 0 saturated carbocycles. The molecule has 3 rings (SSSR count). The van der Waals surface area contributed by atoms with Gasteiger partial charge in [-0.05, 0) is 44.4 Å². The fourth-order valence-electron chi connectivity index (χ4n) is 3.33. The van der Waals surface area contributed by atoms with Gasteiger partial charge in [0.05, 0.1) is 18.3 Å². The Labute approximate surface area is 143 Å². The number of nitrogens with zero attached hydrogens (tertiary/aromatic N) is 1. The maximum Gasteiger partial charge on any atom is 0.230 e. The summed E-state index contributed by atoms with van der Waals surface area (Å²) in [5.74, 6) is 0.820. The Kier molecular flexibility index (Phi) is 5.05. The zero-order chi connectivity index (χ0) is 17.0. The van der Waals surface area contributed by atoms with Crippen molar-refractivity contribution in [2.24, 2.45) is 0 Å². The molecule has 1 saturated heterocycles. The Hall–Kier alpha value is -2.07. The SMILES string of the molecule is CC1(C)CC(N(Cc2ccccc2)C(=O)Cc2ccco2)CCO1. The molecule has 1 aliphatic rings.